The summed E-state index contributed by atoms with van der Waals surface area (Å²) in [6.07, 6.45) is 0. The number of benzene rings is 5. The fourth-order valence-electron chi connectivity index (χ4n) is 6.39. The van der Waals surface area contributed by atoms with Crippen LogP contribution in [0.1, 0.15) is 77.3 Å². The van der Waals surface area contributed by atoms with Crippen LogP contribution in [-0.2, 0) is 23.2 Å². The molecule has 0 N–H and O–H groups in total. The SMILES string of the molecule is C.CCN(Cc1cccc(C)c1)c1ccc(C(c2ccc(N(CC)Cc3cccc(C)c3)cc2)c2cc(C)c(C)cc2S(=O)(=O)[O-])cc1. The van der Waals surface area contributed by atoms with Gasteiger partial charge in [0, 0.05) is 43.5 Å². The molecular formula is C42H49N2O3S-. The third kappa shape index (κ3) is 8.55. The second-order valence-electron chi connectivity index (χ2n) is 12.6. The minimum Gasteiger partial charge on any atom is -0.744 e. The van der Waals surface area contributed by atoms with Crippen molar-refractivity contribution in [3.63, 3.8) is 0 Å². The average Bonchev–Trinajstić information content (AvgIpc) is 3.04. The highest BCUT2D eigenvalue weighted by molar-refractivity contribution is 7.85. The maximum absolute atomic E-state index is 12.7. The van der Waals surface area contributed by atoms with Crippen LogP contribution < -0.4 is 9.80 Å². The van der Waals surface area contributed by atoms with Crippen LogP contribution in [0.3, 0.4) is 0 Å². The van der Waals surface area contributed by atoms with Gasteiger partial charge in [0.05, 0.1) is 4.90 Å². The average molecular weight is 662 g/mol. The van der Waals surface area contributed by atoms with Crippen LogP contribution in [0.2, 0.25) is 0 Å². The number of hydrogen-bond donors (Lipinski definition) is 0. The van der Waals surface area contributed by atoms with Crippen molar-refractivity contribution >= 4 is 21.5 Å². The third-order valence-electron chi connectivity index (χ3n) is 9.06. The Morgan fingerprint density at radius 3 is 1.40 bits per heavy atom. The zero-order valence-electron chi connectivity index (χ0n) is 28.3. The molecule has 0 radical (unpaired) electrons. The highest BCUT2D eigenvalue weighted by atomic mass is 32.2. The number of hydrogen-bond acceptors (Lipinski definition) is 5. The Kier molecular flexibility index (Phi) is 11.9. The summed E-state index contributed by atoms with van der Waals surface area (Å²) in [5.74, 6) is -0.449. The first-order valence-electron chi connectivity index (χ1n) is 16.3. The number of aryl methyl sites for hydroxylation is 4. The number of anilines is 2. The third-order valence-corrected chi connectivity index (χ3v) is 9.96. The summed E-state index contributed by atoms with van der Waals surface area (Å²) in [5.41, 5.74) is 11.2. The number of nitrogens with zero attached hydrogens (tertiary/aromatic N) is 2. The van der Waals surface area contributed by atoms with Crippen molar-refractivity contribution in [2.75, 3.05) is 22.9 Å². The Morgan fingerprint density at radius 2 is 1.02 bits per heavy atom. The zero-order valence-corrected chi connectivity index (χ0v) is 29.1. The molecule has 252 valence electrons. The summed E-state index contributed by atoms with van der Waals surface area (Å²) in [6, 6.07) is 37.2. The Hall–Kier alpha value is -4.39. The molecule has 0 amide bonds. The molecule has 0 aliphatic rings. The van der Waals surface area contributed by atoms with Gasteiger partial charge in [0.2, 0.25) is 0 Å². The molecule has 5 aromatic carbocycles. The molecule has 0 bridgehead atoms. The second kappa shape index (κ2) is 15.7. The quantitative estimate of drug-likeness (QED) is 0.0984. The van der Waals surface area contributed by atoms with Crippen LogP contribution in [0.4, 0.5) is 11.4 Å². The van der Waals surface area contributed by atoms with Crippen LogP contribution >= 0.6 is 0 Å². The molecule has 0 saturated carbocycles. The molecule has 0 atom stereocenters. The van der Waals surface area contributed by atoms with E-state index < -0.39 is 16.0 Å². The zero-order chi connectivity index (χ0) is 33.7. The van der Waals surface area contributed by atoms with Crippen molar-refractivity contribution in [3.8, 4) is 0 Å². The molecule has 5 nitrogen and oxygen atoms in total. The summed E-state index contributed by atoms with van der Waals surface area (Å²) in [5, 5.41) is 0. The molecule has 0 heterocycles. The predicted molar refractivity (Wildman–Crippen MR) is 200 cm³/mol. The van der Waals surface area contributed by atoms with Crippen LogP contribution in [0.5, 0.6) is 0 Å². The fraction of sp³-hybridized carbons (Fsp3) is 0.286. The molecular weight excluding hydrogens is 613 g/mol. The molecule has 0 aliphatic carbocycles. The Labute approximate surface area is 288 Å². The van der Waals surface area contributed by atoms with E-state index in [9.17, 15) is 13.0 Å². The van der Waals surface area contributed by atoms with Gasteiger partial charge in [-0.2, -0.15) is 0 Å². The predicted octanol–water partition coefficient (Wildman–Crippen LogP) is 9.69. The standard InChI is InChI=1S/C41H46N2O3S.CH4/c1-7-42(27-33-13-9-11-29(3)23-33)37-19-15-35(16-20-37)41(39-25-31(5)32(6)26-40(39)47(44,45)46)36-17-21-38(22-18-36)43(8-2)28-34-14-10-12-30(4)24-34;/h9-26,41H,7-8,27-28H2,1-6H3,(H,44,45,46);1H4/p-1. The van der Waals surface area contributed by atoms with E-state index in [0.717, 1.165) is 59.8 Å². The summed E-state index contributed by atoms with van der Waals surface area (Å²) < 4.78 is 38.0. The fourth-order valence-corrected chi connectivity index (χ4v) is 7.18. The van der Waals surface area contributed by atoms with Crippen LogP contribution in [0, 0.1) is 27.7 Å². The molecule has 0 aromatic heterocycles. The first-order chi connectivity index (χ1) is 22.5. The minimum atomic E-state index is -4.73. The van der Waals surface area contributed by atoms with Crippen molar-refractivity contribution in [2.45, 2.75) is 72.9 Å². The Balaban J connectivity index is 0.00000520. The molecule has 5 aromatic rings. The summed E-state index contributed by atoms with van der Waals surface area (Å²) in [7, 11) is -4.73. The van der Waals surface area contributed by atoms with Crippen LogP contribution in [0.25, 0.3) is 0 Å². The van der Waals surface area contributed by atoms with Crippen LogP contribution in [-0.4, -0.2) is 26.1 Å². The summed E-state index contributed by atoms with van der Waals surface area (Å²) in [6.45, 7) is 15.5. The molecule has 0 unspecified atom stereocenters. The van der Waals surface area contributed by atoms with Gasteiger partial charge in [-0.05, 0) is 111 Å². The molecule has 5 rings (SSSR count). The van der Waals surface area contributed by atoms with E-state index in [1.165, 1.54) is 28.3 Å². The lowest BCUT2D eigenvalue weighted by atomic mass is 9.83. The topological polar surface area (TPSA) is 63.7 Å². The highest BCUT2D eigenvalue weighted by Gasteiger charge is 2.24. The van der Waals surface area contributed by atoms with E-state index in [2.05, 4.69) is 135 Å². The summed E-state index contributed by atoms with van der Waals surface area (Å²) >= 11 is 0. The Morgan fingerprint density at radius 1 is 0.604 bits per heavy atom. The molecule has 0 saturated heterocycles. The van der Waals surface area contributed by atoms with Gasteiger partial charge < -0.3 is 14.4 Å². The van der Waals surface area contributed by atoms with E-state index in [1.54, 1.807) is 0 Å². The number of rotatable bonds is 12. The highest BCUT2D eigenvalue weighted by Crippen LogP contribution is 2.38. The monoisotopic (exact) mass is 661 g/mol. The second-order valence-corrected chi connectivity index (χ2v) is 13.9. The Bertz CT molecular complexity index is 1830. The van der Waals surface area contributed by atoms with Gasteiger partial charge in [-0.1, -0.05) is 97.4 Å². The lowest BCUT2D eigenvalue weighted by molar-refractivity contribution is 0.461. The first kappa shape index (κ1) is 36.4. The minimum absolute atomic E-state index is 0. The van der Waals surface area contributed by atoms with Crippen molar-refractivity contribution in [2.24, 2.45) is 0 Å². The van der Waals surface area contributed by atoms with Gasteiger partial charge in [0.25, 0.3) is 0 Å². The van der Waals surface area contributed by atoms with E-state index in [1.807, 2.05) is 19.9 Å². The molecule has 6 heteroatoms. The van der Waals surface area contributed by atoms with Crippen molar-refractivity contribution in [1.82, 2.24) is 0 Å². The first-order valence-corrected chi connectivity index (χ1v) is 17.8. The maximum Gasteiger partial charge on any atom is 0.124 e. The smallest absolute Gasteiger partial charge is 0.124 e. The van der Waals surface area contributed by atoms with Gasteiger partial charge in [0.15, 0.2) is 0 Å². The van der Waals surface area contributed by atoms with Gasteiger partial charge >= 0.3 is 0 Å². The van der Waals surface area contributed by atoms with Crippen LogP contribution in [0.15, 0.2) is 114 Å². The molecule has 48 heavy (non-hydrogen) atoms. The molecule has 0 aliphatic heterocycles. The largest absolute Gasteiger partial charge is 0.744 e. The van der Waals surface area contributed by atoms with Crippen molar-refractivity contribution in [1.29, 1.82) is 0 Å². The van der Waals surface area contributed by atoms with Crippen molar-refractivity contribution < 1.29 is 13.0 Å². The normalized spacial score (nSPS) is 11.3. The van der Waals surface area contributed by atoms with Gasteiger partial charge in [-0.25, -0.2) is 8.42 Å². The van der Waals surface area contributed by atoms with Gasteiger partial charge in [-0.3, -0.25) is 0 Å². The molecule has 0 fully saturated rings. The van der Waals surface area contributed by atoms with Gasteiger partial charge in [-0.15, -0.1) is 0 Å². The lowest BCUT2D eigenvalue weighted by Gasteiger charge is -2.27. The van der Waals surface area contributed by atoms with E-state index in [4.69, 9.17) is 0 Å². The van der Waals surface area contributed by atoms with Crippen molar-refractivity contribution in [3.05, 3.63) is 159 Å². The van der Waals surface area contributed by atoms with E-state index in [-0.39, 0.29) is 12.3 Å². The van der Waals surface area contributed by atoms with E-state index in [0.29, 0.717) is 5.56 Å². The van der Waals surface area contributed by atoms with E-state index >= 15 is 0 Å². The molecule has 0 spiro atoms. The lowest BCUT2D eigenvalue weighted by Crippen LogP contribution is -2.22. The van der Waals surface area contributed by atoms with Gasteiger partial charge in [0.1, 0.15) is 10.1 Å². The summed E-state index contributed by atoms with van der Waals surface area (Å²) in [4.78, 5) is 4.47. The maximum atomic E-state index is 12.7.